The Morgan fingerprint density at radius 2 is 2.00 bits per heavy atom. The molecule has 26 heavy (non-hydrogen) atoms. The van der Waals surface area contributed by atoms with Crippen molar-refractivity contribution in [2.45, 2.75) is 18.9 Å². The van der Waals surface area contributed by atoms with Gasteiger partial charge in [0.2, 0.25) is 0 Å². The summed E-state index contributed by atoms with van der Waals surface area (Å²) in [5.41, 5.74) is 0.603. The van der Waals surface area contributed by atoms with Crippen molar-refractivity contribution in [3.05, 3.63) is 41.2 Å². The van der Waals surface area contributed by atoms with E-state index in [2.05, 4.69) is 20.7 Å². The summed E-state index contributed by atoms with van der Waals surface area (Å²) < 4.78 is 24.4. The van der Waals surface area contributed by atoms with Gasteiger partial charge in [0.15, 0.2) is 22.9 Å². The Balaban J connectivity index is 2.02. The number of benzene rings is 2. The minimum absolute atomic E-state index is 0.00214. The highest BCUT2D eigenvalue weighted by Gasteiger charge is 2.15. The van der Waals surface area contributed by atoms with E-state index >= 15 is 0 Å². The second-order valence-corrected chi connectivity index (χ2v) is 6.24. The van der Waals surface area contributed by atoms with Gasteiger partial charge in [-0.25, -0.2) is 4.39 Å². The van der Waals surface area contributed by atoms with Gasteiger partial charge in [-0.15, -0.1) is 10.2 Å². The first kappa shape index (κ1) is 18.4. The quantitative estimate of drug-likeness (QED) is 0.596. The van der Waals surface area contributed by atoms with Crippen molar-refractivity contribution in [3.8, 4) is 11.5 Å². The molecule has 3 rings (SSSR count). The van der Waals surface area contributed by atoms with Crippen LogP contribution in [-0.2, 0) is 0 Å². The first-order valence-corrected chi connectivity index (χ1v) is 8.57. The molecule has 1 atom stereocenters. The first-order chi connectivity index (χ1) is 12.5. The molecule has 1 aromatic heterocycles. The third-order valence-electron chi connectivity index (χ3n) is 3.59. The molecule has 2 aromatic carbocycles. The van der Waals surface area contributed by atoms with Gasteiger partial charge in [-0.1, -0.05) is 30.1 Å². The van der Waals surface area contributed by atoms with Gasteiger partial charge in [0.25, 0.3) is 0 Å². The summed E-state index contributed by atoms with van der Waals surface area (Å²) in [5.74, 6) is 0.850. The van der Waals surface area contributed by atoms with Crippen molar-refractivity contribution in [2.75, 3.05) is 12.4 Å². The molecule has 0 saturated carbocycles. The minimum atomic E-state index is -0.502. The highest BCUT2D eigenvalue weighted by atomic mass is 35.5. The molecule has 0 saturated heterocycles. The summed E-state index contributed by atoms with van der Waals surface area (Å²) in [6.45, 7) is 1.91. The lowest BCUT2D eigenvalue weighted by molar-refractivity contribution is 0.261. The number of alkyl halides is 1. The average molecular weight is 397 g/mol. The molecule has 1 N–H and O–H groups in total. The van der Waals surface area contributed by atoms with E-state index in [0.29, 0.717) is 40.3 Å². The molecular formula is C17H15Cl2FN4O2. The SMILES string of the molecule is CCC(Cl)Oc1cc2nnnc(Nc3ccc(F)c(Cl)c3)c2cc1OC. The number of nitrogens with zero attached hydrogens (tertiary/aromatic N) is 3. The number of hydrogen-bond acceptors (Lipinski definition) is 6. The summed E-state index contributed by atoms with van der Waals surface area (Å²) in [4.78, 5) is 0. The minimum Gasteiger partial charge on any atom is -0.493 e. The van der Waals surface area contributed by atoms with Crippen molar-refractivity contribution >= 4 is 45.6 Å². The van der Waals surface area contributed by atoms with Crippen LogP contribution in [0.3, 0.4) is 0 Å². The van der Waals surface area contributed by atoms with E-state index in [1.807, 2.05) is 6.92 Å². The molecule has 0 aliphatic rings. The van der Waals surface area contributed by atoms with Gasteiger partial charge in [-0.3, -0.25) is 0 Å². The summed E-state index contributed by atoms with van der Waals surface area (Å²) in [5, 5.41) is 15.5. The number of ether oxygens (including phenoxy) is 2. The largest absolute Gasteiger partial charge is 0.493 e. The number of hydrogen-bond donors (Lipinski definition) is 1. The zero-order valence-electron chi connectivity index (χ0n) is 14.0. The first-order valence-electron chi connectivity index (χ1n) is 7.75. The number of halogens is 3. The average Bonchev–Trinajstić information content (AvgIpc) is 2.64. The molecule has 0 aliphatic heterocycles. The number of methoxy groups -OCH3 is 1. The number of nitrogens with one attached hydrogen (secondary N) is 1. The molecule has 0 amide bonds. The topological polar surface area (TPSA) is 69.2 Å². The molecule has 0 radical (unpaired) electrons. The smallest absolute Gasteiger partial charge is 0.172 e. The molecule has 9 heteroatoms. The maximum Gasteiger partial charge on any atom is 0.172 e. The molecule has 3 aromatic rings. The lowest BCUT2D eigenvalue weighted by Crippen LogP contribution is -2.08. The van der Waals surface area contributed by atoms with Gasteiger partial charge in [-0.05, 0) is 35.9 Å². The van der Waals surface area contributed by atoms with Crippen molar-refractivity contribution < 1.29 is 13.9 Å². The molecule has 0 fully saturated rings. The molecule has 1 unspecified atom stereocenters. The Kier molecular flexibility index (Phi) is 5.58. The van der Waals surface area contributed by atoms with Crippen molar-refractivity contribution in [3.63, 3.8) is 0 Å². The van der Waals surface area contributed by atoms with Gasteiger partial charge in [0.05, 0.1) is 17.5 Å². The summed E-state index contributed by atoms with van der Waals surface area (Å²) >= 11 is 11.9. The fourth-order valence-corrected chi connectivity index (χ4v) is 2.54. The van der Waals surface area contributed by atoms with E-state index < -0.39 is 11.4 Å². The Hall–Kier alpha value is -2.38. The normalized spacial score (nSPS) is 12.0. The third-order valence-corrected chi connectivity index (χ3v) is 4.28. The highest BCUT2D eigenvalue weighted by Crippen LogP contribution is 2.35. The Morgan fingerprint density at radius 3 is 2.69 bits per heavy atom. The number of fused-ring (bicyclic) bond motifs is 1. The van der Waals surface area contributed by atoms with Crippen LogP contribution in [0.15, 0.2) is 30.3 Å². The molecule has 0 spiro atoms. The molecule has 0 bridgehead atoms. The van der Waals surface area contributed by atoms with Crippen molar-refractivity contribution in [2.24, 2.45) is 0 Å². The standard InChI is InChI=1S/C17H15Cl2FN4O2/c1-3-16(19)26-15-8-13-10(7-14(15)25-2)17(23-24-22-13)21-9-4-5-12(20)11(18)6-9/h4-8,16H,3H2,1-2H3,(H,21,22,23). The van der Waals surface area contributed by atoms with E-state index in [1.165, 1.54) is 19.2 Å². The molecule has 6 nitrogen and oxygen atoms in total. The highest BCUT2D eigenvalue weighted by molar-refractivity contribution is 6.31. The van der Waals surface area contributed by atoms with E-state index in [4.69, 9.17) is 32.7 Å². The van der Waals surface area contributed by atoms with Gasteiger partial charge in [-0.2, -0.15) is 0 Å². The summed E-state index contributed by atoms with van der Waals surface area (Å²) in [6, 6.07) is 7.66. The third kappa shape index (κ3) is 3.89. The van der Waals surface area contributed by atoms with Crippen LogP contribution in [0.1, 0.15) is 13.3 Å². The van der Waals surface area contributed by atoms with Crippen LogP contribution in [0.25, 0.3) is 10.9 Å². The zero-order chi connectivity index (χ0) is 18.7. The Morgan fingerprint density at radius 1 is 1.19 bits per heavy atom. The summed E-state index contributed by atoms with van der Waals surface area (Å²) in [7, 11) is 1.53. The lowest BCUT2D eigenvalue weighted by Gasteiger charge is -2.15. The lowest BCUT2D eigenvalue weighted by atomic mass is 10.2. The maximum absolute atomic E-state index is 13.3. The van der Waals surface area contributed by atoms with E-state index in [9.17, 15) is 4.39 Å². The van der Waals surface area contributed by atoms with Gasteiger partial charge in [0, 0.05) is 11.8 Å². The van der Waals surface area contributed by atoms with E-state index in [0.717, 1.165) is 0 Å². The predicted octanol–water partition coefficient (Wildman–Crippen LogP) is 4.92. The second-order valence-electron chi connectivity index (χ2n) is 5.35. The van der Waals surface area contributed by atoms with Crippen LogP contribution in [0.2, 0.25) is 5.02 Å². The number of anilines is 2. The second kappa shape index (κ2) is 7.88. The fourth-order valence-electron chi connectivity index (χ4n) is 2.27. The number of rotatable bonds is 6. The van der Waals surface area contributed by atoms with Crippen LogP contribution in [0, 0.1) is 5.82 Å². The van der Waals surface area contributed by atoms with Crippen molar-refractivity contribution in [1.82, 2.24) is 15.4 Å². The van der Waals surface area contributed by atoms with Crippen LogP contribution < -0.4 is 14.8 Å². The molecule has 1 heterocycles. The van der Waals surface area contributed by atoms with Crippen LogP contribution >= 0.6 is 23.2 Å². The zero-order valence-corrected chi connectivity index (χ0v) is 15.5. The van der Waals surface area contributed by atoms with E-state index in [-0.39, 0.29) is 5.02 Å². The van der Waals surface area contributed by atoms with E-state index in [1.54, 1.807) is 18.2 Å². The Labute approximate surface area is 159 Å². The van der Waals surface area contributed by atoms with Gasteiger partial charge < -0.3 is 14.8 Å². The van der Waals surface area contributed by atoms with Crippen LogP contribution in [-0.4, -0.2) is 28.1 Å². The fraction of sp³-hybridized carbons (Fsp3) is 0.235. The molecular weight excluding hydrogens is 382 g/mol. The number of aromatic nitrogens is 3. The monoisotopic (exact) mass is 396 g/mol. The summed E-state index contributed by atoms with van der Waals surface area (Å²) in [6.07, 6.45) is 0.628. The predicted molar refractivity (Wildman–Crippen MR) is 99.1 cm³/mol. The van der Waals surface area contributed by atoms with Crippen molar-refractivity contribution in [1.29, 1.82) is 0 Å². The Bertz CT molecular complexity index is 942. The maximum atomic E-state index is 13.3. The van der Waals surface area contributed by atoms with Crippen LogP contribution in [0.4, 0.5) is 15.9 Å². The molecule has 136 valence electrons. The molecule has 0 aliphatic carbocycles. The van der Waals surface area contributed by atoms with Gasteiger partial charge in [0.1, 0.15) is 11.3 Å². The van der Waals surface area contributed by atoms with Gasteiger partial charge >= 0.3 is 0 Å². The van der Waals surface area contributed by atoms with Crippen LogP contribution in [0.5, 0.6) is 11.5 Å².